The molecule has 8 nitrogen and oxygen atoms in total. The summed E-state index contributed by atoms with van der Waals surface area (Å²) in [4.78, 5) is 31.9. The van der Waals surface area contributed by atoms with E-state index in [9.17, 15) is 14.9 Å². The molecule has 1 saturated heterocycles. The number of ether oxygens (including phenoxy) is 2. The minimum Gasteiger partial charge on any atom is -0.493 e. The van der Waals surface area contributed by atoms with Gasteiger partial charge in [0.1, 0.15) is 6.61 Å². The summed E-state index contributed by atoms with van der Waals surface area (Å²) in [6.07, 6.45) is 13.2. The highest BCUT2D eigenvalue weighted by Gasteiger charge is 2.39. The topological polar surface area (TPSA) is 94.3 Å². The van der Waals surface area contributed by atoms with Crippen LogP contribution in [-0.4, -0.2) is 40.1 Å². The van der Waals surface area contributed by atoms with Gasteiger partial charge in [-0.3, -0.25) is 24.8 Å². The average Bonchev–Trinajstić information content (AvgIpc) is 3.27. The molecule has 1 amide bonds. The Bertz CT molecular complexity index is 1300. The second-order valence-corrected chi connectivity index (χ2v) is 11.9. The van der Waals surface area contributed by atoms with Crippen molar-refractivity contribution < 1.29 is 19.2 Å². The van der Waals surface area contributed by atoms with Gasteiger partial charge in [-0.2, -0.15) is 0 Å². The largest absolute Gasteiger partial charge is 0.493 e. The van der Waals surface area contributed by atoms with Crippen molar-refractivity contribution in [3.63, 3.8) is 0 Å². The molecule has 2 aromatic carbocycles. The second kappa shape index (κ2) is 13.1. The number of aliphatic imine (C=N–C) groups is 1. The number of halogens is 1. The van der Waals surface area contributed by atoms with Gasteiger partial charge in [0.05, 0.1) is 28.0 Å². The molecule has 0 radical (unpaired) electrons. The molecule has 0 atom stereocenters. The van der Waals surface area contributed by atoms with Crippen molar-refractivity contribution in [3.8, 4) is 11.5 Å². The molecule has 212 valence electrons. The maximum Gasteiger partial charge on any atom is 0.269 e. The van der Waals surface area contributed by atoms with Gasteiger partial charge in [-0.1, -0.05) is 50.1 Å². The number of methoxy groups -OCH3 is 1. The molecule has 2 aliphatic carbocycles. The quantitative estimate of drug-likeness (QED) is 0.179. The lowest BCUT2D eigenvalue weighted by Gasteiger charge is -2.31. The summed E-state index contributed by atoms with van der Waals surface area (Å²) in [6.45, 7) is 0.167. The van der Waals surface area contributed by atoms with Gasteiger partial charge in [-0.15, -0.1) is 0 Å². The Labute approximate surface area is 243 Å². The van der Waals surface area contributed by atoms with Gasteiger partial charge in [-0.25, -0.2) is 0 Å². The normalized spacial score (nSPS) is 20.9. The van der Waals surface area contributed by atoms with E-state index in [1.807, 2.05) is 11.0 Å². The monoisotopic (exact) mass is 583 g/mol. The summed E-state index contributed by atoms with van der Waals surface area (Å²) in [5, 5.41) is 12.1. The van der Waals surface area contributed by atoms with Crippen LogP contribution in [0.15, 0.2) is 46.3 Å². The lowest BCUT2D eigenvalue weighted by atomic mass is 9.94. The van der Waals surface area contributed by atoms with Crippen LogP contribution in [0, 0.1) is 10.1 Å². The highest BCUT2D eigenvalue weighted by molar-refractivity contribution is 8.18. The molecule has 0 N–H and O–H groups in total. The third-order valence-corrected chi connectivity index (χ3v) is 9.00. The highest BCUT2D eigenvalue weighted by Crippen LogP contribution is 2.41. The molecular weight excluding hydrogens is 550 g/mol. The third-order valence-electron chi connectivity index (χ3n) is 7.72. The van der Waals surface area contributed by atoms with Crippen molar-refractivity contribution in [1.29, 1.82) is 0 Å². The number of thioether (sulfide) groups is 1. The number of benzene rings is 2. The molecule has 0 spiro atoms. The van der Waals surface area contributed by atoms with Crippen molar-refractivity contribution in [2.24, 2.45) is 4.99 Å². The molecule has 2 aromatic rings. The summed E-state index contributed by atoms with van der Waals surface area (Å²) >= 11 is 8.09. The number of nitro groups is 1. The lowest BCUT2D eigenvalue weighted by molar-refractivity contribution is -0.384. The van der Waals surface area contributed by atoms with Crippen LogP contribution in [0.3, 0.4) is 0 Å². The van der Waals surface area contributed by atoms with Crippen molar-refractivity contribution >= 4 is 46.2 Å². The van der Waals surface area contributed by atoms with Crippen LogP contribution < -0.4 is 9.47 Å². The number of hydrogen-bond acceptors (Lipinski definition) is 7. The Morgan fingerprint density at radius 3 is 2.40 bits per heavy atom. The van der Waals surface area contributed by atoms with E-state index in [1.165, 1.54) is 56.7 Å². The van der Waals surface area contributed by atoms with Crippen LogP contribution in [-0.2, 0) is 11.4 Å². The Morgan fingerprint density at radius 2 is 1.75 bits per heavy atom. The van der Waals surface area contributed by atoms with Gasteiger partial charge < -0.3 is 9.47 Å². The van der Waals surface area contributed by atoms with Crippen LogP contribution in [0.1, 0.15) is 75.3 Å². The van der Waals surface area contributed by atoms with E-state index in [-0.39, 0.29) is 30.3 Å². The van der Waals surface area contributed by atoms with E-state index in [1.54, 1.807) is 24.3 Å². The van der Waals surface area contributed by atoms with Gasteiger partial charge in [-0.05, 0) is 78.9 Å². The minimum absolute atomic E-state index is 0.0139. The minimum atomic E-state index is -0.440. The number of nitrogens with zero attached hydrogens (tertiary/aromatic N) is 3. The number of nitro benzene ring substituents is 1. The Kier molecular flexibility index (Phi) is 9.32. The molecule has 0 unspecified atom stereocenters. The first-order valence-electron chi connectivity index (χ1n) is 14.0. The molecule has 3 fully saturated rings. The molecular formula is C30H34ClN3O5S. The van der Waals surface area contributed by atoms with Gasteiger partial charge in [0.2, 0.25) is 0 Å². The first-order chi connectivity index (χ1) is 19.4. The smallest absolute Gasteiger partial charge is 0.269 e. The third kappa shape index (κ3) is 6.63. The molecule has 5 rings (SSSR count). The predicted octanol–water partition coefficient (Wildman–Crippen LogP) is 7.77. The van der Waals surface area contributed by atoms with Crippen LogP contribution in [0.2, 0.25) is 5.02 Å². The lowest BCUT2D eigenvalue weighted by Crippen LogP contribution is -2.41. The van der Waals surface area contributed by atoms with Crippen molar-refractivity contribution in [3.05, 3.63) is 67.6 Å². The predicted molar refractivity (Wildman–Crippen MR) is 159 cm³/mol. The van der Waals surface area contributed by atoms with Crippen LogP contribution >= 0.6 is 23.4 Å². The van der Waals surface area contributed by atoms with E-state index >= 15 is 0 Å². The summed E-state index contributed by atoms with van der Waals surface area (Å²) in [5.74, 6) is 0.829. The Hall–Kier alpha value is -3.04. The molecule has 0 aromatic heterocycles. The van der Waals surface area contributed by atoms with Gasteiger partial charge in [0.15, 0.2) is 16.7 Å². The SMILES string of the molecule is COc1cc(C=C2SC(=NC3CCCCC3)N(C3CCCCC3)C2=O)cc(Cl)c1OCc1ccc([N+](=O)[O-])cc1. The summed E-state index contributed by atoms with van der Waals surface area (Å²) in [7, 11) is 1.54. The van der Waals surface area contributed by atoms with Crippen molar-refractivity contribution in [2.75, 3.05) is 7.11 Å². The molecule has 40 heavy (non-hydrogen) atoms. The van der Waals surface area contributed by atoms with Crippen molar-refractivity contribution in [1.82, 2.24) is 4.90 Å². The molecule has 1 aliphatic heterocycles. The number of amidine groups is 1. The fourth-order valence-electron chi connectivity index (χ4n) is 5.59. The van der Waals surface area contributed by atoms with Gasteiger partial charge >= 0.3 is 0 Å². The van der Waals surface area contributed by atoms with E-state index in [0.717, 1.165) is 54.8 Å². The number of hydrogen-bond donors (Lipinski definition) is 0. The zero-order chi connectivity index (χ0) is 28.1. The fourth-order valence-corrected chi connectivity index (χ4v) is 6.97. The van der Waals surface area contributed by atoms with Crippen LogP contribution in [0.4, 0.5) is 5.69 Å². The van der Waals surface area contributed by atoms with E-state index in [2.05, 4.69) is 0 Å². The molecule has 3 aliphatic rings. The summed E-state index contributed by atoms with van der Waals surface area (Å²) in [6, 6.07) is 10.2. The van der Waals surface area contributed by atoms with Gasteiger partial charge in [0.25, 0.3) is 11.6 Å². The molecule has 10 heteroatoms. The molecule has 0 bridgehead atoms. The highest BCUT2D eigenvalue weighted by atomic mass is 35.5. The average molecular weight is 584 g/mol. The van der Waals surface area contributed by atoms with Crippen LogP contribution in [0.25, 0.3) is 6.08 Å². The van der Waals surface area contributed by atoms with Crippen molar-refractivity contribution in [2.45, 2.75) is 82.9 Å². The molecule has 1 heterocycles. The summed E-state index contributed by atoms with van der Waals surface area (Å²) in [5.41, 5.74) is 1.52. The maximum absolute atomic E-state index is 13.7. The Morgan fingerprint density at radius 1 is 1.07 bits per heavy atom. The first-order valence-corrected chi connectivity index (χ1v) is 15.2. The summed E-state index contributed by atoms with van der Waals surface area (Å²) < 4.78 is 11.5. The zero-order valence-corrected chi connectivity index (χ0v) is 24.2. The van der Waals surface area contributed by atoms with Crippen LogP contribution in [0.5, 0.6) is 11.5 Å². The fraction of sp³-hybridized carbons (Fsp3) is 0.467. The number of carbonyl (C=O) groups excluding carboxylic acids is 1. The number of carbonyl (C=O) groups is 1. The number of rotatable bonds is 8. The Balaban J connectivity index is 1.37. The van der Waals surface area contributed by atoms with E-state index in [0.29, 0.717) is 21.4 Å². The van der Waals surface area contributed by atoms with E-state index < -0.39 is 4.92 Å². The van der Waals surface area contributed by atoms with E-state index in [4.69, 9.17) is 26.1 Å². The number of amides is 1. The zero-order valence-electron chi connectivity index (χ0n) is 22.6. The standard InChI is InChI=1S/C30H34ClN3O5S/c1-38-26-17-21(16-25(31)28(26)39-19-20-12-14-24(15-13-20)34(36)37)18-27-29(35)33(23-10-6-3-7-11-23)30(40-27)32-22-8-4-2-5-9-22/h12-18,22-23H,2-11,19H2,1H3. The molecule has 2 saturated carbocycles. The second-order valence-electron chi connectivity index (χ2n) is 10.5. The first kappa shape index (κ1) is 28.5. The number of non-ortho nitro benzene ring substituents is 1. The maximum atomic E-state index is 13.7. The van der Waals surface area contributed by atoms with Gasteiger partial charge in [0, 0.05) is 18.2 Å².